The number of aliphatic hydroxyl groups excluding tert-OH is 1. The lowest BCUT2D eigenvalue weighted by Crippen LogP contribution is -2.16. The van der Waals surface area contributed by atoms with Crippen LogP contribution in [0.1, 0.15) is 24.0 Å². The van der Waals surface area contributed by atoms with Crippen LogP contribution < -0.4 is 0 Å². The van der Waals surface area contributed by atoms with Crippen molar-refractivity contribution in [3.05, 3.63) is 60.0 Å². The second-order valence-electron chi connectivity index (χ2n) is 6.73. The van der Waals surface area contributed by atoms with Gasteiger partial charge in [-0.2, -0.15) is 10.1 Å². The molecule has 134 valence electrons. The van der Waals surface area contributed by atoms with Gasteiger partial charge in [0.05, 0.1) is 24.1 Å². The molecular weight excluding hydrogens is 342 g/mol. The molecule has 0 saturated heterocycles. The van der Waals surface area contributed by atoms with Crippen LogP contribution in [-0.2, 0) is 13.2 Å². The fourth-order valence-electron chi connectivity index (χ4n) is 3.55. The molecule has 0 aliphatic carbocycles. The predicted molar refractivity (Wildman–Crippen MR) is 98.5 cm³/mol. The Balaban J connectivity index is 1.57. The lowest BCUT2D eigenvalue weighted by Gasteiger charge is -2.23. The molecule has 1 aliphatic rings. The average molecular weight is 359 g/mol. The molecule has 0 bridgehead atoms. The molecule has 1 aromatic carbocycles. The number of rotatable bonds is 3. The van der Waals surface area contributed by atoms with Gasteiger partial charge >= 0.3 is 0 Å². The number of nitrogens with zero attached hydrogens (tertiary/aromatic N) is 5. The number of hydrogen-bond donors (Lipinski definition) is 1. The molecule has 0 fully saturated rings. The molecule has 0 amide bonds. The number of hydrogen-bond acceptors (Lipinski definition) is 6. The van der Waals surface area contributed by atoms with Crippen LogP contribution in [0.15, 0.2) is 53.4 Å². The molecule has 1 aliphatic heterocycles. The number of aromatic nitrogens is 5. The van der Waals surface area contributed by atoms with Crippen molar-refractivity contribution in [1.29, 1.82) is 0 Å². The van der Waals surface area contributed by atoms with Crippen molar-refractivity contribution in [2.45, 2.75) is 26.0 Å². The van der Waals surface area contributed by atoms with Crippen molar-refractivity contribution in [1.82, 2.24) is 24.9 Å². The van der Waals surface area contributed by atoms with Crippen molar-refractivity contribution in [2.75, 3.05) is 0 Å². The highest BCUT2D eigenvalue weighted by atomic mass is 16.5. The topological polar surface area (TPSA) is 89.9 Å². The predicted octanol–water partition coefficient (Wildman–Crippen LogP) is 3.27. The monoisotopic (exact) mass is 359 g/mol. The highest BCUT2D eigenvalue weighted by Crippen LogP contribution is 2.40. The molecule has 4 aromatic rings. The second kappa shape index (κ2) is 6.14. The molecule has 1 atom stereocenters. The third-order valence-corrected chi connectivity index (χ3v) is 4.98. The van der Waals surface area contributed by atoms with Crippen molar-refractivity contribution in [2.24, 2.45) is 0 Å². The van der Waals surface area contributed by atoms with Crippen molar-refractivity contribution in [3.8, 4) is 34.1 Å². The molecule has 0 spiro atoms. The van der Waals surface area contributed by atoms with Gasteiger partial charge in [-0.05, 0) is 17.2 Å². The molecular formula is C20H17N5O2. The van der Waals surface area contributed by atoms with Gasteiger partial charge in [0.1, 0.15) is 0 Å². The van der Waals surface area contributed by atoms with Gasteiger partial charge in [0.15, 0.2) is 0 Å². The lowest BCUT2D eigenvalue weighted by molar-refractivity contribution is 0.282. The Morgan fingerprint density at radius 3 is 2.81 bits per heavy atom. The summed E-state index contributed by atoms with van der Waals surface area (Å²) in [5, 5.41) is 17.8. The summed E-state index contributed by atoms with van der Waals surface area (Å²) in [7, 11) is 0. The first kappa shape index (κ1) is 15.9. The summed E-state index contributed by atoms with van der Waals surface area (Å²) in [6, 6.07) is 9.44. The summed E-state index contributed by atoms with van der Waals surface area (Å²) < 4.78 is 7.54. The van der Waals surface area contributed by atoms with Crippen LogP contribution >= 0.6 is 0 Å². The smallest absolute Gasteiger partial charge is 0.262 e. The van der Waals surface area contributed by atoms with Gasteiger partial charge in [-0.1, -0.05) is 36.3 Å². The van der Waals surface area contributed by atoms with Crippen LogP contribution in [0, 0.1) is 0 Å². The summed E-state index contributed by atoms with van der Waals surface area (Å²) in [6.07, 6.45) is 5.49. The van der Waals surface area contributed by atoms with Crippen LogP contribution in [0.25, 0.3) is 34.1 Å². The zero-order valence-electron chi connectivity index (χ0n) is 14.7. The minimum absolute atomic E-state index is 0.00695. The first-order valence-electron chi connectivity index (χ1n) is 8.79. The standard InChI is InChI=1S/C20H17N5O2/c1-12-10-25-18(15-6-7-21-8-16(12)15)17(9-22-25)20-23-19(24-27-20)14-4-2-13(11-26)3-5-14/h2-9,12,26H,10-11H2,1H3. The van der Waals surface area contributed by atoms with Crippen LogP contribution in [-0.4, -0.2) is 30.0 Å². The normalized spacial score (nSPS) is 15.4. The molecule has 27 heavy (non-hydrogen) atoms. The Morgan fingerprint density at radius 1 is 1.15 bits per heavy atom. The Morgan fingerprint density at radius 2 is 2.00 bits per heavy atom. The maximum Gasteiger partial charge on any atom is 0.262 e. The molecule has 4 heterocycles. The van der Waals surface area contributed by atoms with Crippen LogP contribution in [0.3, 0.4) is 0 Å². The average Bonchev–Trinajstić information content (AvgIpc) is 3.35. The highest BCUT2D eigenvalue weighted by molar-refractivity contribution is 5.80. The molecule has 0 radical (unpaired) electrons. The van der Waals surface area contributed by atoms with Crippen molar-refractivity contribution in [3.63, 3.8) is 0 Å². The van der Waals surface area contributed by atoms with Gasteiger partial charge in [0, 0.05) is 36.0 Å². The minimum Gasteiger partial charge on any atom is -0.392 e. The summed E-state index contributed by atoms with van der Waals surface area (Å²) in [5.74, 6) is 1.29. The van der Waals surface area contributed by atoms with Crippen LogP contribution in [0.4, 0.5) is 0 Å². The Bertz CT molecular complexity index is 1110. The first-order chi connectivity index (χ1) is 13.2. The molecule has 0 saturated carbocycles. The van der Waals surface area contributed by atoms with Gasteiger partial charge in [-0.15, -0.1) is 0 Å². The molecule has 3 aromatic heterocycles. The number of benzene rings is 1. The summed E-state index contributed by atoms with van der Waals surface area (Å²) in [5.41, 5.74) is 5.78. The number of fused-ring (bicyclic) bond motifs is 3. The van der Waals surface area contributed by atoms with E-state index in [0.717, 1.165) is 34.5 Å². The van der Waals surface area contributed by atoms with E-state index >= 15 is 0 Å². The maximum atomic E-state index is 9.18. The summed E-state index contributed by atoms with van der Waals surface area (Å²) >= 11 is 0. The largest absolute Gasteiger partial charge is 0.392 e. The summed E-state index contributed by atoms with van der Waals surface area (Å²) in [6.45, 7) is 2.97. The SMILES string of the molecule is CC1Cn2ncc(-c3nc(-c4ccc(CO)cc4)no3)c2-c2ccncc21. The molecule has 5 rings (SSSR count). The van der Waals surface area contributed by atoms with Crippen LogP contribution in [0.2, 0.25) is 0 Å². The van der Waals surface area contributed by atoms with Gasteiger partial charge in [0.2, 0.25) is 5.82 Å². The fourth-order valence-corrected chi connectivity index (χ4v) is 3.55. The van der Waals surface area contributed by atoms with E-state index in [4.69, 9.17) is 4.52 Å². The van der Waals surface area contributed by atoms with E-state index in [2.05, 4.69) is 27.1 Å². The lowest BCUT2D eigenvalue weighted by atomic mass is 9.91. The van der Waals surface area contributed by atoms with Crippen LogP contribution in [0.5, 0.6) is 0 Å². The van der Waals surface area contributed by atoms with Gasteiger partial charge in [-0.3, -0.25) is 9.67 Å². The van der Waals surface area contributed by atoms with Gasteiger partial charge in [-0.25, -0.2) is 0 Å². The molecule has 7 nitrogen and oxygen atoms in total. The van der Waals surface area contributed by atoms with E-state index in [9.17, 15) is 5.11 Å². The van der Waals surface area contributed by atoms with E-state index < -0.39 is 0 Å². The maximum absolute atomic E-state index is 9.18. The van der Waals surface area contributed by atoms with Gasteiger partial charge < -0.3 is 9.63 Å². The first-order valence-corrected chi connectivity index (χ1v) is 8.79. The van der Waals surface area contributed by atoms with E-state index in [1.807, 2.05) is 41.2 Å². The number of aliphatic hydroxyl groups is 1. The van der Waals surface area contributed by atoms with E-state index in [-0.39, 0.29) is 6.61 Å². The Labute approximate surface area is 155 Å². The third kappa shape index (κ3) is 2.55. The fraction of sp³-hybridized carbons (Fsp3) is 0.200. The summed E-state index contributed by atoms with van der Waals surface area (Å²) in [4.78, 5) is 8.84. The van der Waals surface area contributed by atoms with E-state index in [1.54, 1.807) is 12.4 Å². The van der Waals surface area contributed by atoms with E-state index in [0.29, 0.717) is 17.6 Å². The van der Waals surface area contributed by atoms with Gasteiger partial charge in [0.25, 0.3) is 5.89 Å². The van der Waals surface area contributed by atoms with Crippen molar-refractivity contribution >= 4 is 0 Å². The molecule has 1 unspecified atom stereocenters. The zero-order valence-corrected chi connectivity index (χ0v) is 14.7. The number of pyridine rings is 1. The Hall–Kier alpha value is -3.32. The highest BCUT2D eigenvalue weighted by Gasteiger charge is 2.28. The zero-order chi connectivity index (χ0) is 18.4. The Kier molecular flexibility index (Phi) is 3.61. The minimum atomic E-state index is 0.00695. The molecule has 1 N–H and O–H groups in total. The van der Waals surface area contributed by atoms with E-state index in [1.165, 1.54) is 5.56 Å². The second-order valence-corrected chi connectivity index (χ2v) is 6.73. The molecule has 7 heteroatoms. The van der Waals surface area contributed by atoms with Crippen molar-refractivity contribution < 1.29 is 9.63 Å². The third-order valence-electron chi connectivity index (χ3n) is 4.98. The quantitative estimate of drug-likeness (QED) is 0.604.